The van der Waals surface area contributed by atoms with Crippen molar-refractivity contribution in [1.82, 2.24) is 10.6 Å². The summed E-state index contributed by atoms with van der Waals surface area (Å²) in [6, 6.07) is 14.6. The molecule has 0 amide bonds. The predicted molar refractivity (Wildman–Crippen MR) is 127 cm³/mol. The lowest BCUT2D eigenvalue weighted by molar-refractivity contribution is 0.146. The Kier molecular flexibility index (Phi) is 11.0. The Balaban J connectivity index is 0.00000420. The first-order chi connectivity index (χ1) is 13.4. The molecule has 7 heteroatoms. The van der Waals surface area contributed by atoms with E-state index in [0.29, 0.717) is 32.3 Å². The van der Waals surface area contributed by atoms with E-state index in [-0.39, 0.29) is 35.2 Å². The average Bonchev–Trinajstić information content (AvgIpc) is 2.69. The fraction of sp³-hybridized carbons (Fsp3) is 0.409. The maximum absolute atomic E-state index is 13.5. The van der Waals surface area contributed by atoms with Crippen LogP contribution in [-0.2, 0) is 16.7 Å². The maximum Gasteiger partial charge on any atom is 0.191 e. The average molecular weight is 515 g/mol. The van der Waals surface area contributed by atoms with Crippen LogP contribution in [0.2, 0.25) is 0 Å². The Bertz CT molecular complexity index is 784. The van der Waals surface area contributed by atoms with Crippen molar-refractivity contribution in [2.45, 2.75) is 25.8 Å². The van der Waals surface area contributed by atoms with Gasteiger partial charge in [0.15, 0.2) is 5.96 Å². The van der Waals surface area contributed by atoms with E-state index in [1.165, 1.54) is 6.07 Å². The molecule has 2 aromatic carbocycles. The number of halogens is 2. The molecular formula is C22H31FIN3O2. The number of hydrogen-bond donors (Lipinski definition) is 2. The van der Waals surface area contributed by atoms with Crippen LogP contribution in [0.1, 0.15) is 25.0 Å². The molecule has 0 aliphatic heterocycles. The van der Waals surface area contributed by atoms with Crippen LogP contribution in [0, 0.1) is 5.82 Å². The van der Waals surface area contributed by atoms with E-state index in [0.717, 1.165) is 16.9 Å². The highest BCUT2D eigenvalue weighted by molar-refractivity contribution is 14.0. The maximum atomic E-state index is 13.5. The number of hydrogen-bond acceptors (Lipinski definition) is 3. The number of nitrogens with zero attached hydrogens (tertiary/aromatic N) is 1. The van der Waals surface area contributed by atoms with E-state index in [1.54, 1.807) is 26.3 Å². The Morgan fingerprint density at radius 1 is 1.07 bits per heavy atom. The van der Waals surface area contributed by atoms with Crippen molar-refractivity contribution < 1.29 is 13.9 Å². The van der Waals surface area contributed by atoms with Gasteiger partial charge in [0.1, 0.15) is 18.2 Å². The van der Waals surface area contributed by atoms with Gasteiger partial charge >= 0.3 is 0 Å². The third kappa shape index (κ3) is 8.57. The minimum absolute atomic E-state index is 0. The highest BCUT2D eigenvalue weighted by Crippen LogP contribution is 2.22. The van der Waals surface area contributed by atoms with E-state index in [2.05, 4.69) is 29.5 Å². The molecule has 0 radical (unpaired) electrons. The topological polar surface area (TPSA) is 54.9 Å². The van der Waals surface area contributed by atoms with Gasteiger partial charge < -0.3 is 20.1 Å². The highest BCUT2D eigenvalue weighted by Gasteiger charge is 2.21. The Labute approximate surface area is 190 Å². The number of guanidine groups is 1. The van der Waals surface area contributed by atoms with Crippen LogP contribution in [0.5, 0.6) is 5.75 Å². The van der Waals surface area contributed by atoms with Crippen molar-refractivity contribution in [3.63, 3.8) is 0 Å². The van der Waals surface area contributed by atoms with Crippen LogP contribution in [0.15, 0.2) is 53.5 Å². The minimum Gasteiger partial charge on any atom is -0.491 e. The normalized spacial score (nSPS) is 11.6. The molecule has 2 aromatic rings. The molecule has 0 unspecified atom stereocenters. The first kappa shape index (κ1) is 25.2. The van der Waals surface area contributed by atoms with Crippen LogP contribution in [0.4, 0.5) is 4.39 Å². The van der Waals surface area contributed by atoms with Crippen LogP contribution in [0.25, 0.3) is 0 Å². The fourth-order valence-corrected chi connectivity index (χ4v) is 2.71. The molecule has 0 heterocycles. The third-order valence-corrected chi connectivity index (χ3v) is 4.44. The summed E-state index contributed by atoms with van der Waals surface area (Å²) in [6.07, 6.45) is 0. The summed E-state index contributed by atoms with van der Waals surface area (Å²) in [5.41, 5.74) is 1.79. The zero-order chi connectivity index (χ0) is 20.4. The number of ether oxygens (including phenoxy) is 2. The Hall–Kier alpha value is -1.87. The van der Waals surface area contributed by atoms with E-state index >= 15 is 0 Å². The Morgan fingerprint density at radius 3 is 2.52 bits per heavy atom. The largest absolute Gasteiger partial charge is 0.491 e. The van der Waals surface area contributed by atoms with Crippen LogP contribution in [0.3, 0.4) is 0 Å². The summed E-state index contributed by atoms with van der Waals surface area (Å²) in [6.45, 7) is 6.45. The van der Waals surface area contributed by atoms with Crippen LogP contribution >= 0.6 is 24.0 Å². The van der Waals surface area contributed by atoms with E-state index in [1.807, 2.05) is 30.3 Å². The summed E-state index contributed by atoms with van der Waals surface area (Å²) in [5, 5.41) is 6.62. The lowest BCUT2D eigenvalue weighted by Crippen LogP contribution is -2.43. The molecule has 0 bridgehead atoms. The lowest BCUT2D eigenvalue weighted by Gasteiger charge is -2.27. The summed E-state index contributed by atoms with van der Waals surface area (Å²) < 4.78 is 24.2. The zero-order valence-electron chi connectivity index (χ0n) is 17.5. The predicted octanol–water partition coefficient (Wildman–Crippen LogP) is 4.11. The summed E-state index contributed by atoms with van der Waals surface area (Å²) in [5.74, 6) is 1.28. The van der Waals surface area contributed by atoms with Gasteiger partial charge in [-0.05, 0) is 35.4 Å². The van der Waals surface area contributed by atoms with E-state index in [9.17, 15) is 4.39 Å². The smallest absolute Gasteiger partial charge is 0.191 e. The third-order valence-electron chi connectivity index (χ3n) is 4.44. The van der Waals surface area contributed by atoms with Gasteiger partial charge in [0, 0.05) is 32.7 Å². The lowest BCUT2D eigenvalue weighted by atomic mass is 9.84. The monoisotopic (exact) mass is 515 g/mol. The molecule has 0 atom stereocenters. The SMILES string of the molecule is CN=C(NCc1cccc(OCCOC)c1)NCC(C)(C)c1cccc(F)c1.I. The molecule has 2 rings (SSSR count). The van der Waals surface area contributed by atoms with Gasteiger partial charge in [-0.2, -0.15) is 0 Å². The highest BCUT2D eigenvalue weighted by atomic mass is 127. The van der Waals surface area contributed by atoms with E-state index < -0.39 is 0 Å². The van der Waals surface area contributed by atoms with Crippen molar-refractivity contribution in [1.29, 1.82) is 0 Å². The van der Waals surface area contributed by atoms with Crippen molar-refractivity contribution >= 4 is 29.9 Å². The number of rotatable bonds is 9. The van der Waals surface area contributed by atoms with E-state index in [4.69, 9.17) is 9.47 Å². The number of nitrogens with one attached hydrogen (secondary N) is 2. The molecular weight excluding hydrogens is 484 g/mol. The van der Waals surface area contributed by atoms with Crippen molar-refractivity contribution in [3.05, 3.63) is 65.5 Å². The number of benzene rings is 2. The second kappa shape index (κ2) is 12.6. The molecule has 0 aromatic heterocycles. The molecule has 0 saturated heterocycles. The minimum atomic E-state index is -0.241. The molecule has 0 aliphatic carbocycles. The number of methoxy groups -OCH3 is 1. The zero-order valence-corrected chi connectivity index (χ0v) is 19.8. The summed E-state index contributed by atoms with van der Waals surface area (Å²) >= 11 is 0. The van der Waals surface area contributed by atoms with Crippen LogP contribution in [-0.4, -0.2) is 39.9 Å². The van der Waals surface area contributed by atoms with Crippen molar-refractivity contribution in [3.8, 4) is 5.75 Å². The van der Waals surface area contributed by atoms with Gasteiger partial charge in [-0.15, -0.1) is 24.0 Å². The second-order valence-electron chi connectivity index (χ2n) is 7.16. The van der Waals surface area contributed by atoms with Gasteiger partial charge in [0.05, 0.1) is 6.61 Å². The van der Waals surface area contributed by atoms with Crippen LogP contribution < -0.4 is 15.4 Å². The molecule has 5 nitrogen and oxygen atoms in total. The quantitative estimate of drug-likeness (QED) is 0.229. The van der Waals surface area contributed by atoms with Gasteiger partial charge in [-0.3, -0.25) is 4.99 Å². The first-order valence-electron chi connectivity index (χ1n) is 9.36. The standard InChI is InChI=1S/C22H30FN3O2.HI/c1-22(2,18-8-6-9-19(23)14-18)16-26-21(24-3)25-15-17-7-5-10-20(13-17)28-12-11-27-4;/h5-10,13-14H,11-12,15-16H2,1-4H3,(H2,24,25,26);1H. The van der Waals surface area contributed by atoms with Gasteiger partial charge in [-0.1, -0.05) is 38.1 Å². The molecule has 29 heavy (non-hydrogen) atoms. The molecule has 0 aliphatic rings. The molecule has 0 spiro atoms. The molecule has 2 N–H and O–H groups in total. The molecule has 160 valence electrons. The number of aliphatic imine (C=N–C) groups is 1. The summed E-state index contributed by atoms with van der Waals surface area (Å²) in [4.78, 5) is 4.27. The van der Waals surface area contributed by atoms with Crippen molar-refractivity contribution in [2.75, 3.05) is 33.9 Å². The first-order valence-corrected chi connectivity index (χ1v) is 9.36. The molecule has 0 saturated carbocycles. The molecule has 0 fully saturated rings. The second-order valence-corrected chi connectivity index (χ2v) is 7.16. The fourth-order valence-electron chi connectivity index (χ4n) is 2.71. The van der Waals surface area contributed by atoms with Crippen molar-refractivity contribution in [2.24, 2.45) is 4.99 Å². The van der Waals surface area contributed by atoms with Gasteiger partial charge in [-0.25, -0.2) is 4.39 Å². The van der Waals surface area contributed by atoms with Gasteiger partial charge in [0.25, 0.3) is 0 Å². The van der Waals surface area contributed by atoms with Gasteiger partial charge in [0.2, 0.25) is 0 Å². The Morgan fingerprint density at radius 2 is 1.83 bits per heavy atom. The summed E-state index contributed by atoms with van der Waals surface area (Å²) in [7, 11) is 3.38.